The van der Waals surface area contributed by atoms with Gasteiger partial charge in [0.25, 0.3) is 0 Å². The van der Waals surface area contributed by atoms with Crippen molar-refractivity contribution in [2.75, 3.05) is 6.61 Å². The first-order valence-corrected chi connectivity index (χ1v) is 7.99. The number of ether oxygens (including phenoxy) is 1. The predicted octanol–water partition coefficient (Wildman–Crippen LogP) is 3.66. The van der Waals surface area contributed by atoms with E-state index in [2.05, 4.69) is 0 Å². The first-order chi connectivity index (χ1) is 11.5. The summed E-state index contributed by atoms with van der Waals surface area (Å²) in [4.78, 5) is 37.8. The topological polar surface area (TPSA) is 60.4 Å². The first kappa shape index (κ1) is 16.1. The summed E-state index contributed by atoms with van der Waals surface area (Å²) < 4.78 is 5.27. The number of carbonyl (C=O) groups is 3. The van der Waals surface area contributed by atoms with Crippen LogP contribution in [-0.2, 0) is 4.74 Å². The molecule has 0 N–H and O–H groups in total. The normalized spacial score (nSPS) is 12.8. The molecular weight excluding hydrogens is 304 g/mol. The molecule has 0 saturated heterocycles. The molecule has 0 saturated carbocycles. The second kappa shape index (κ2) is 6.40. The van der Waals surface area contributed by atoms with Crippen LogP contribution >= 0.6 is 0 Å². The summed E-state index contributed by atoms with van der Waals surface area (Å²) in [5, 5.41) is 0. The zero-order chi connectivity index (χ0) is 17.3. The number of fused-ring (bicyclic) bond motifs is 2. The molecule has 2 aromatic carbocycles. The molecule has 0 atom stereocenters. The van der Waals surface area contributed by atoms with Crippen molar-refractivity contribution in [1.82, 2.24) is 0 Å². The molecule has 3 rings (SSSR count). The Kier molecular flexibility index (Phi) is 4.30. The smallest absolute Gasteiger partial charge is 0.338 e. The van der Waals surface area contributed by atoms with Crippen LogP contribution in [0, 0.1) is 5.92 Å². The van der Waals surface area contributed by atoms with Gasteiger partial charge in [0.1, 0.15) is 0 Å². The molecule has 4 heteroatoms. The van der Waals surface area contributed by atoms with Gasteiger partial charge in [-0.2, -0.15) is 0 Å². The standard InChI is InChI=1S/C20H18O4/c1-12(2)10-11-24-20(23)16-9-5-8-15-17(16)19(22)14-7-4-3-6-13(14)18(15)21/h3-9,12H,10-11H2,1-2H3. The number of carbonyl (C=O) groups excluding carboxylic acids is 3. The Balaban J connectivity index is 1.99. The molecule has 0 fully saturated rings. The van der Waals surface area contributed by atoms with E-state index in [1.807, 2.05) is 13.8 Å². The van der Waals surface area contributed by atoms with E-state index in [4.69, 9.17) is 4.74 Å². The van der Waals surface area contributed by atoms with Crippen molar-refractivity contribution in [3.8, 4) is 0 Å². The third kappa shape index (κ3) is 2.75. The quantitative estimate of drug-likeness (QED) is 0.688. The van der Waals surface area contributed by atoms with E-state index < -0.39 is 5.97 Å². The molecule has 24 heavy (non-hydrogen) atoms. The fraction of sp³-hybridized carbons (Fsp3) is 0.250. The Morgan fingerprint density at radius 3 is 2.21 bits per heavy atom. The zero-order valence-corrected chi connectivity index (χ0v) is 13.7. The summed E-state index contributed by atoms with van der Waals surface area (Å²) >= 11 is 0. The lowest BCUT2D eigenvalue weighted by atomic mass is 9.82. The summed E-state index contributed by atoms with van der Waals surface area (Å²) in [7, 11) is 0. The van der Waals surface area contributed by atoms with Crippen LogP contribution in [0.25, 0.3) is 0 Å². The van der Waals surface area contributed by atoms with Gasteiger partial charge in [-0.3, -0.25) is 9.59 Å². The third-order valence-electron chi connectivity index (χ3n) is 4.10. The van der Waals surface area contributed by atoms with Crippen LogP contribution < -0.4 is 0 Å². The molecule has 2 aromatic rings. The molecule has 0 bridgehead atoms. The molecule has 0 aliphatic heterocycles. The number of rotatable bonds is 4. The van der Waals surface area contributed by atoms with Gasteiger partial charge in [0.05, 0.1) is 12.2 Å². The highest BCUT2D eigenvalue weighted by atomic mass is 16.5. The van der Waals surface area contributed by atoms with E-state index in [0.29, 0.717) is 23.7 Å². The Labute approximate surface area is 140 Å². The Morgan fingerprint density at radius 1 is 0.917 bits per heavy atom. The van der Waals surface area contributed by atoms with Crippen LogP contribution in [0.5, 0.6) is 0 Å². The van der Waals surface area contributed by atoms with E-state index in [1.54, 1.807) is 36.4 Å². The van der Waals surface area contributed by atoms with Gasteiger partial charge >= 0.3 is 5.97 Å². The predicted molar refractivity (Wildman–Crippen MR) is 89.5 cm³/mol. The highest BCUT2D eigenvalue weighted by molar-refractivity contribution is 6.30. The van der Waals surface area contributed by atoms with E-state index in [1.165, 1.54) is 6.07 Å². The molecule has 122 valence electrons. The maximum absolute atomic E-state index is 12.8. The minimum Gasteiger partial charge on any atom is -0.462 e. The summed E-state index contributed by atoms with van der Waals surface area (Å²) in [6, 6.07) is 11.4. The van der Waals surface area contributed by atoms with Crippen LogP contribution in [0.2, 0.25) is 0 Å². The van der Waals surface area contributed by atoms with Gasteiger partial charge in [-0.05, 0) is 18.4 Å². The third-order valence-corrected chi connectivity index (χ3v) is 4.10. The molecular formula is C20H18O4. The van der Waals surface area contributed by atoms with Crippen molar-refractivity contribution in [3.63, 3.8) is 0 Å². The van der Waals surface area contributed by atoms with Crippen molar-refractivity contribution in [2.24, 2.45) is 5.92 Å². The van der Waals surface area contributed by atoms with Crippen molar-refractivity contribution in [3.05, 3.63) is 70.3 Å². The molecule has 1 aliphatic rings. The highest BCUT2D eigenvalue weighted by Gasteiger charge is 2.33. The van der Waals surface area contributed by atoms with E-state index >= 15 is 0 Å². The van der Waals surface area contributed by atoms with Crippen molar-refractivity contribution < 1.29 is 19.1 Å². The average Bonchev–Trinajstić information content (AvgIpc) is 2.58. The maximum atomic E-state index is 12.8. The van der Waals surface area contributed by atoms with Gasteiger partial charge in [0.2, 0.25) is 0 Å². The number of esters is 1. The van der Waals surface area contributed by atoms with E-state index in [9.17, 15) is 14.4 Å². The van der Waals surface area contributed by atoms with Crippen LogP contribution in [0.3, 0.4) is 0 Å². The molecule has 1 aliphatic carbocycles. The maximum Gasteiger partial charge on any atom is 0.338 e. The number of ketones is 2. The average molecular weight is 322 g/mol. The second-order valence-electron chi connectivity index (χ2n) is 6.25. The van der Waals surface area contributed by atoms with Crippen LogP contribution in [0.15, 0.2) is 42.5 Å². The van der Waals surface area contributed by atoms with Gasteiger partial charge in [-0.25, -0.2) is 4.79 Å². The van der Waals surface area contributed by atoms with Gasteiger partial charge < -0.3 is 4.74 Å². The molecule has 0 aromatic heterocycles. The fourth-order valence-electron chi connectivity index (χ4n) is 2.78. The molecule has 0 unspecified atom stereocenters. The summed E-state index contributed by atoms with van der Waals surface area (Å²) in [5.41, 5.74) is 1.27. The molecule has 0 spiro atoms. The molecule has 0 radical (unpaired) electrons. The number of benzene rings is 2. The van der Waals surface area contributed by atoms with Gasteiger partial charge in [0.15, 0.2) is 11.6 Å². The molecule has 0 amide bonds. The summed E-state index contributed by atoms with van der Waals surface area (Å²) in [5.74, 6) is -0.695. The minimum absolute atomic E-state index is 0.149. The van der Waals surface area contributed by atoms with Crippen molar-refractivity contribution in [1.29, 1.82) is 0 Å². The number of hydrogen-bond donors (Lipinski definition) is 0. The number of hydrogen-bond acceptors (Lipinski definition) is 4. The fourth-order valence-corrected chi connectivity index (χ4v) is 2.78. The van der Waals surface area contributed by atoms with Crippen molar-refractivity contribution in [2.45, 2.75) is 20.3 Å². The van der Waals surface area contributed by atoms with Crippen LogP contribution in [0.1, 0.15) is 62.5 Å². The lowest BCUT2D eigenvalue weighted by Crippen LogP contribution is -2.24. The lowest BCUT2D eigenvalue weighted by Gasteiger charge is -2.19. The van der Waals surface area contributed by atoms with Crippen molar-refractivity contribution >= 4 is 17.5 Å². The van der Waals surface area contributed by atoms with E-state index in [0.717, 1.165) is 6.42 Å². The monoisotopic (exact) mass is 322 g/mol. The van der Waals surface area contributed by atoms with Gasteiger partial charge in [0, 0.05) is 22.3 Å². The molecule has 0 heterocycles. The summed E-state index contributed by atoms with van der Waals surface area (Å²) in [6.07, 6.45) is 0.747. The Hall–Kier alpha value is -2.75. The van der Waals surface area contributed by atoms with Crippen LogP contribution in [-0.4, -0.2) is 24.1 Å². The molecule has 4 nitrogen and oxygen atoms in total. The summed E-state index contributed by atoms with van der Waals surface area (Å²) in [6.45, 7) is 4.37. The highest BCUT2D eigenvalue weighted by Crippen LogP contribution is 2.29. The largest absolute Gasteiger partial charge is 0.462 e. The second-order valence-corrected chi connectivity index (χ2v) is 6.25. The first-order valence-electron chi connectivity index (χ1n) is 7.99. The van der Waals surface area contributed by atoms with E-state index in [-0.39, 0.29) is 28.3 Å². The van der Waals surface area contributed by atoms with Gasteiger partial charge in [-0.15, -0.1) is 0 Å². The SMILES string of the molecule is CC(C)CCOC(=O)c1cccc2c1C(=O)c1ccccc1C2=O. The Bertz CT molecular complexity index is 833. The Morgan fingerprint density at radius 2 is 1.54 bits per heavy atom. The van der Waals surface area contributed by atoms with Crippen LogP contribution in [0.4, 0.5) is 0 Å². The van der Waals surface area contributed by atoms with Gasteiger partial charge in [-0.1, -0.05) is 50.2 Å². The minimum atomic E-state index is -0.562. The zero-order valence-electron chi connectivity index (χ0n) is 13.7. The lowest BCUT2D eigenvalue weighted by molar-refractivity contribution is 0.0485.